The number of nitrogens with two attached hydrogens (primary N) is 1. The van der Waals surface area contributed by atoms with Crippen LogP contribution in [-0.2, 0) is 11.3 Å². The SMILES string of the molecule is CCCCOCCCNCc1ccccc1C(N)=O. The van der Waals surface area contributed by atoms with Crippen molar-refractivity contribution in [3.05, 3.63) is 35.4 Å². The van der Waals surface area contributed by atoms with Crippen molar-refractivity contribution < 1.29 is 9.53 Å². The standard InChI is InChI=1S/C15H24N2O2/c1-2-3-10-19-11-6-9-17-12-13-7-4-5-8-14(13)15(16)18/h4-5,7-8,17H,2-3,6,9-12H2,1H3,(H2,16,18). The van der Waals surface area contributed by atoms with Gasteiger partial charge >= 0.3 is 0 Å². The summed E-state index contributed by atoms with van der Waals surface area (Å²) in [7, 11) is 0. The van der Waals surface area contributed by atoms with Crippen molar-refractivity contribution in [1.82, 2.24) is 5.32 Å². The van der Waals surface area contributed by atoms with Gasteiger partial charge in [0.05, 0.1) is 0 Å². The van der Waals surface area contributed by atoms with Gasteiger partial charge in [0.2, 0.25) is 5.91 Å². The minimum atomic E-state index is -0.375. The molecule has 1 aromatic carbocycles. The van der Waals surface area contributed by atoms with E-state index in [1.807, 2.05) is 18.2 Å². The number of benzene rings is 1. The Balaban J connectivity index is 2.17. The predicted molar refractivity (Wildman–Crippen MR) is 77.0 cm³/mol. The molecular formula is C15H24N2O2. The van der Waals surface area contributed by atoms with E-state index >= 15 is 0 Å². The summed E-state index contributed by atoms with van der Waals surface area (Å²) in [5, 5.41) is 3.30. The van der Waals surface area contributed by atoms with Gasteiger partial charge in [0.15, 0.2) is 0 Å². The van der Waals surface area contributed by atoms with Gasteiger partial charge in [-0.05, 0) is 31.0 Å². The molecule has 0 aliphatic rings. The molecule has 4 heteroatoms. The Morgan fingerprint density at radius 3 is 2.74 bits per heavy atom. The van der Waals surface area contributed by atoms with Crippen LogP contribution >= 0.6 is 0 Å². The molecule has 19 heavy (non-hydrogen) atoms. The second-order valence-corrected chi connectivity index (χ2v) is 4.52. The fourth-order valence-electron chi connectivity index (χ4n) is 1.79. The topological polar surface area (TPSA) is 64.3 Å². The van der Waals surface area contributed by atoms with Gasteiger partial charge < -0.3 is 15.8 Å². The highest BCUT2D eigenvalue weighted by molar-refractivity contribution is 5.94. The summed E-state index contributed by atoms with van der Waals surface area (Å²) < 4.78 is 5.47. The number of nitrogens with one attached hydrogen (secondary N) is 1. The van der Waals surface area contributed by atoms with Crippen molar-refractivity contribution in [2.24, 2.45) is 5.73 Å². The van der Waals surface area contributed by atoms with E-state index in [2.05, 4.69) is 12.2 Å². The van der Waals surface area contributed by atoms with E-state index in [1.54, 1.807) is 6.07 Å². The molecule has 0 bridgehead atoms. The molecule has 0 unspecified atom stereocenters. The molecule has 0 saturated carbocycles. The maximum absolute atomic E-state index is 11.2. The number of hydrogen-bond acceptors (Lipinski definition) is 3. The molecule has 0 atom stereocenters. The zero-order valence-electron chi connectivity index (χ0n) is 11.7. The van der Waals surface area contributed by atoms with Gasteiger partial charge in [0.1, 0.15) is 0 Å². The van der Waals surface area contributed by atoms with Gasteiger partial charge in [-0.3, -0.25) is 4.79 Å². The first-order valence-corrected chi connectivity index (χ1v) is 6.92. The molecule has 0 aromatic heterocycles. The van der Waals surface area contributed by atoms with Crippen LogP contribution in [-0.4, -0.2) is 25.7 Å². The molecule has 1 rings (SSSR count). The van der Waals surface area contributed by atoms with Crippen LogP contribution in [0.15, 0.2) is 24.3 Å². The molecule has 3 N–H and O–H groups in total. The maximum Gasteiger partial charge on any atom is 0.249 e. The minimum Gasteiger partial charge on any atom is -0.381 e. The van der Waals surface area contributed by atoms with Crippen LogP contribution in [0.3, 0.4) is 0 Å². The predicted octanol–water partition coefficient (Wildman–Crippen LogP) is 2.08. The lowest BCUT2D eigenvalue weighted by atomic mass is 10.1. The molecule has 0 spiro atoms. The summed E-state index contributed by atoms with van der Waals surface area (Å²) in [6, 6.07) is 7.42. The average Bonchev–Trinajstić information content (AvgIpc) is 2.42. The molecule has 0 fully saturated rings. The highest BCUT2D eigenvalue weighted by atomic mass is 16.5. The number of rotatable bonds is 10. The Morgan fingerprint density at radius 2 is 2.00 bits per heavy atom. The van der Waals surface area contributed by atoms with E-state index in [-0.39, 0.29) is 5.91 Å². The van der Waals surface area contributed by atoms with E-state index in [0.29, 0.717) is 12.1 Å². The fraction of sp³-hybridized carbons (Fsp3) is 0.533. The van der Waals surface area contributed by atoms with Crippen LogP contribution in [0, 0.1) is 0 Å². The molecule has 0 heterocycles. The molecule has 4 nitrogen and oxygen atoms in total. The first-order chi connectivity index (χ1) is 9.25. The van der Waals surface area contributed by atoms with Crippen LogP contribution in [0.5, 0.6) is 0 Å². The van der Waals surface area contributed by atoms with Gasteiger partial charge in [-0.1, -0.05) is 31.5 Å². The number of carbonyl (C=O) groups is 1. The lowest BCUT2D eigenvalue weighted by Gasteiger charge is -2.08. The Hall–Kier alpha value is -1.39. The molecular weight excluding hydrogens is 240 g/mol. The first kappa shape index (κ1) is 15.7. The van der Waals surface area contributed by atoms with E-state index < -0.39 is 0 Å². The second-order valence-electron chi connectivity index (χ2n) is 4.52. The summed E-state index contributed by atoms with van der Waals surface area (Å²) in [5.41, 5.74) is 6.86. The van der Waals surface area contributed by atoms with Gasteiger partial charge in [0.25, 0.3) is 0 Å². The largest absolute Gasteiger partial charge is 0.381 e. The Bertz CT molecular complexity index is 380. The summed E-state index contributed by atoms with van der Waals surface area (Å²) >= 11 is 0. The van der Waals surface area contributed by atoms with Crippen LogP contribution in [0.25, 0.3) is 0 Å². The van der Waals surface area contributed by atoms with E-state index in [1.165, 1.54) is 6.42 Å². The normalized spacial score (nSPS) is 10.6. The van der Waals surface area contributed by atoms with Crippen molar-refractivity contribution in [2.75, 3.05) is 19.8 Å². The lowest BCUT2D eigenvalue weighted by Crippen LogP contribution is -2.20. The van der Waals surface area contributed by atoms with E-state index in [0.717, 1.165) is 38.2 Å². The molecule has 1 aromatic rings. The third-order valence-electron chi connectivity index (χ3n) is 2.88. The Labute approximate surface area is 115 Å². The summed E-state index contributed by atoms with van der Waals surface area (Å²) in [5.74, 6) is -0.375. The van der Waals surface area contributed by atoms with E-state index in [4.69, 9.17) is 10.5 Å². The zero-order chi connectivity index (χ0) is 13.9. The molecule has 1 amide bonds. The smallest absolute Gasteiger partial charge is 0.249 e. The van der Waals surface area contributed by atoms with Crippen LogP contribution in [0.1, 0.15) is 42.1 Å². The Kier molecular flexibility index (Phi) is 7.86. The quantitative estimate of drug-likeness (QED) is 0.636. The van der Waals surface area contributed by atoms with Crippen molar-refractivity contribution in [1.29, 1.82) is 0 Å². The van der Waals surface area contributed by atoms with Gasteiger partial charge in [-0.2, -0.15) is 0 Å². The maximum atomic E-state index is 11.2. The molecule has 0 radical (unpaired) electrons. The van der Waals surface area contributed by atoms with Gasteiger partial charge in [-0.15, -0.1) is 0 Å². The summed E-state index contributed by atoms with van der Waals surface area (Å²) in [6.07, 6.45) is 3.27. The van der Waals surface area contributed by atoms with Crippen molar-refractivity contribution in [3.63, 3.8) is 0 Å². The highest BCUT2D eigenvalue weighted by Gasteiger charge is 2.05. The average molecular weight is 264 g/mol. The Morgan fingerprint density at radius 1 is 1.26 bits per heavy atom. The number of ether oxygens (including phenoxy) is 1. The first-order valence-electron chi connectivity index (χ1n) is 6.92. The summed E-state index contributed by atoms with van der Waals surface area (Å²) in [6.45, 7) is 5.32. The number of carbonyl (C=O) groups excluding carboxylic acids is 1. The highest BCUT2D eigenvalue weighted by Crippen LogP contribution is 2.07. The third-order valence-corrected chi connectivity index (χ3v) is 2.88. The lowest BCUT2D eigenvalue weighted by molar-refractivity contribution is 0.0999. The van der Waals surface area contributed by atoms with Gasteiger partial charge in [0, 0.05) is 25.3 Å². The minimum absolute atomic E-state index is 0.375. The number of hydrogen-bond donors (Lipinski definition) is 2. The molecule has 106 valence electrons. The number of primary amides is 1. The van der Waals surface area contributed by atoms with Crippen LogP contribution in [0.2, 0.25) is 0 Å². The van der Waals surface area contributed by atoms with Crippen molar-refractivity contribution in [3.8, 4) is 0 Å². The van der Waals surface area contributed by atoms with Gasteiger partial charge in [-0.25, -0.2) is 0 Å². The number of unbranched alkanes of at least 4 members (excludes halogenated alkanes) is 1. The zero-order valence-corrected chi connectivity index (χ0v) is 11.7. The second kappa shape index (κ2) is 9.53. The molecule has 0 aliphatic carbocycles. The van der Waals surface area contributed by atoms with Crippen molar-refractivity contribution >= 4 is 5.91 Å². The van der Waals surface area contributed by atoms with E-state index in [9.17, 15) is 4.79 Å². The summed E-state index contributed by atoms with van der Waals surface area (Å²) in [4.78, 5) is 11.2. The number of amides is 1. The van der Waals surface area contributed by atoms with Crippen molar-refractivity contribution in [2.45, 2.75) is 32.7 Å². The third kappa shape index (κ3) is 6.36. The van der Waals surface area contributed by atoms with Crippen LogP contribution < -0.4 is 11.1 Å². The fourth-order valence-corrected chi connectivity index (χ4v) is 1.79. The van der Waals surface area contributed by atoms with Crippen LogP contribution in [0.4, 0.5) is 0 Å². The molecule has 0 aliphatic heterocycles. The monoisotopic (exact) mass is 264 g/mol. The molecule has 0 saturated heterocycles.